The topological polar surface area (TPSA) is 12.5 Å². The fourth-order valence-electron chi connectivity index (χ4n) is 0. The van der Waals surface area contributed by atoms with Gasteiger partial charge in [-0.1, -0.05) is 0 Å². The fourth-order valence-corrected chi connectivity index (χ4v) is 0. The summed E-state index contributed by atoms with van der Waals surface area (Å²) in [6.45, 7) is 0. The van der Waals surface area contributed by atoms with Gasteiger partial charge in [-0.15, -0.1) is 0 Å². The summed E-state index contributed by atoms with van der Waals surface area (Å²) in [7, 11) is 0. The Balaban J connectivity index is 0. The van der Waals surface area contributed by atoms with Gasteiger partial charge in [0.1, 0.15) is 0 Å². The first-order valence-electron chi connectivity index (χ1n) is 0.385. The van der Waals surface area contributed by atoms with Gasteiger partial charge in [-0.2, -0.15) is 0 Å². The van der Waals surface area contributed by atoms with E-state index in [1.807, 2.05) is 0 Å². The zero-order chi connectivity index (χ0) is 2.12. The maximum Gasteiger partial charge on any atom is 0 e. The summed E-state index contributed by atoms with van der Waals surface area (Å²) in [4.78, 5) is 0. The fraction of sp³-hybridized carbons (Fsp3) is 0. The van der Waals surface area contributed by atoms with Crippen molar-refractivity contribution in [3.8, 4) is 0 Å². The Morgan fingerprint density at radius 1 is 1.60 bits per heavy atom. The monoisotopic (exact) mass is 477 g/mol. The van der Waals surface area contributed by atoms with E-state index < -0.39 is 0 Å². The van der Waals surface area contributed by atoms with E-state index in [1.165, 1.54) is 0 Å². The molecule has 5 heteroatoms. The van der Waals surface area contributed by atoms with Crippen LogP contribution in [-0.2, 0) is 32.5 Å². The molecule has 41 valence electrons. The molecule has 0 aromatic rings. The Hall–Kier alpha value is 4.18. The first-order valence-corrected chi connectivity index (χ1v) is 3.74. The van der Waals surface area contributed by atoms with Gasteiger partial charge in [0, 0.05) is 70.0 Å². The molecule has 0 aliphatic carbocycles. The third-order valence-corrected chi connectivity index (χ3v) is 0.991. The molecule has 1 nitrogen and oxygen atoms in total. The van der Waals surface area contributed by atoms with Crippen LogP contribution in [0.3, 0.4) is 0 Å². The molecule has 1 fully saturated rings. The molecule has 1 aliphatic heterocycles. The predicted molar refractivity (Wildman–Crippen MR) is 8.68 cm³/mol. The number of hydrogen-bond donors (Lipinski definition) is 0. The predicted octanol–water partition coefficient (Wildman–Crippen LogP) is 0.577. The summed E-state index contributed by atoms with van der Waals surface area (Å²) in [6.07, 6.45) is 0. The van der Waals surface area contributed by atoms with E-state index in [-0.39, 0.29) is 70.0 Å². The summed E-state index contributed by atoms with van der Waals surface area (Å²) in [5.74, 6) is 0. The molecule has 0 saturated carbocycles. The van der Waals surface area contributed by atoms with Crippen LogP contribution in [0, 0.1) is 78.2 Å². The second kappa shape index (κ2) is 8.18. The van der Waals surface area contributed by atoms with E-state index in [0.29, 0.717) is 40.9 Å². The van der Waals surface area contributed by atoms with Crippen LogP contribution in [-0.4, -0.2) is 0 Å². The molecule has 0 atom stereocenters. The normalized spacial score (nSPS) is 16.0. The van der Waals surface area contributed by atoms with Crippen molar-refractivity contribution in [3.05, 3.63) is 0 Å². The van der Waals surface area contributed by atoms with E-state index in [9.17, 15) is 0 Å². The molecule has 0 aromatic carbocycles. The van der Waals surface area contributed by atoms with Crippen LogP contribution in [0.2, 0.25) is 0 Å². The zero-order valence-electron chi connectivity index (χ0n) is 1.95. The van der Waals surface area contributed by atoms with Crippen molar-refractivity contribution in [2.45, 2.75) is 0 Å². The Kier molecular flexibility index (Phi) is 19.5. The van der Waals surface area contributed by atoms with Crippen LogP contribution in [0.25, 0.3) is 0 Å². The van der Waals surface area contributed by atoms with E-state index in [1.54, 1.807) is 4.74 Å². The van der Waals surface area contributed by atoms with E-state index in [2.05, 4.69) is -0.249 Å². The molecule has 1 aliphatic rings. The SMILES string of the molecule is [Er].[O]1[S][Yb]1.[Y]. The van der Waals surface area contributed by atoms with Crippen LogP contribution in [0.1, 0.15) is 0 Å². The zero-order valence-corrected chi connectivity index (χ0v) is 9.17. The standard InChI is InChI=1S/Er.OS.Y.Yb/c;1-2;;/q;-2;;+2. The van der Waals surface area contributed by atoms with Crippen LogP contribution in [0.5, 0.6) is 0 Å². The summed E-state index contributed by atoms with van der Waals surface area (Å²) in [6, 6.07) is 0. The summed E-state index contributed by atoms with van der Waals surface area (Å²) in [5.41, 5.74) is 0. The first-order chi connectivity index (χ1) is 1.50. The molecular formula is ErOSYYb. The Labute approximate surface area is 111 Å². The van der Waals surface area contributed by atoms with Gasteiger partial charge in [0.05, 0.1) is 0 Å². The number of hydrogen-bond acceptors (Lipinski definition) is 2. The van der Waals surface area contributed by atoms with E-state index >= 15 is 0 Å². The quantitative estimate of drug-likeness (QED) is 0.374. The summed E-state index contributed by atoms with van der Waals surface area (Å²) < 4.78 is 6.03. The summed E-state index contributed by atoms with van der Waals surface area (Å²) >= 11 is 0.583. The molecule has 0 amide bonds. The minimum atomic E-state index is 0. The van der Waals surface area contributed by atoms with Crippen molar-refractivity contribution in [2.24, 2.45) is 0 Å². The van der Waals surface area contributed by atoms with Gasteiger partial charge >= 0.3 is 45.4 Å². The Bertz CT molecular complexity index is 16.4. The van der Waals surface area contributed by atoms with Gasteiger partial charge in [0.25, 0.3) is 0 Å². The second-order valence-corrected chi connectivity index (χ2v) is 2.97. The van der Waals surface area contributed by atoms with Gasteiger partial charge in [-0.25, -0.2) is 0 Å². The van der Waals surface area contributed by atoms with Crippen molar-refractivity contribution >= 4 is 4.74 Å². The molecule has 0 spiro atoms. The van der Waals surface area contributed by atoms with Crippen molar-refractivity contribution in [1.82, 2.24) is 0 Å². The van der Waals surface area contributed by atoms with Crippen molar-refractivity contribution in [1.29, 1.82) is 0 Å². The summed E-state index contributed by atoms with van der Waals surface area (Å²) in [5, 5.41) is 0. The van der Waals surface area contributed by atoms with Crippen LogP contribution in [0.15, 0.2) is 0 Å². The minimum Gasteiger partial charge on any atom is 0 e. The van der Waals surface area contributed by atoms with Crippen LogP contribution in [0.4, 0.5) is 0 Å². The second-order valence-electron chi connectivity index (χ2n) is 0.134. The van der Waals surface area contributed by atoms with Crippen molar-refractivity contribution in [2.75, 3.05) is 0 Å². The van der Waals surface area contributed by atoms with Crippen molar-refractivity contribution < 1.29 is 111 Å². The number of rotatable bonds is 0. The van der Waals surface area contributed by atoms with Crippen molar-refractivity contribution in [3.63, 3.8) is 0 Å². The molecule has 0 aromatic heterocycles. The minimum absolute atomic E-state index is 0. The largest absolute Gasteiger partial charge is 0 e. The molecule has 1 rings (SSSR count). The average molecular weight is 477 g/mol. The van der Waals surface area contributed by atoms with Gasteiger partial charge in [-0.05, 0) is 0 Å². The van der Waals surface area contributed by atoms with Gasteiger partial charge < -0.3 is 0 Å². The Morgan fingerprint density at radius 2 is 1.80 bits per heavy atom. The molecular weight excluding hydrogens is 477 g/mol. The molecule has 1 heterocycles. The molecule has 1 saturated heterocycles. The van der Waals surface area contributed by atoms with Gasteiger partial charge in [-0.3, -0.25) is 0 Å². The smallest absolute Gasteiger partial charge is 0 e. The molecule has 0 unspecified atom stereocenters. The van der Waals surface area contributed by atoms with E-state index in [0.717, 1.165) is 0 Å². The van der Waals surface area contributed by atoms with Gasteiger partial charge in [0.2, 0.25) is 0 Å². The van der Waals surface area contributed by atoms with E-state index in [4.69, 9.17) is 0 Å². The van der Waals surface area contributed by atoms with Crippen LogP contribution >= 0.6 is 4.74 Å². The molecule has 0 bridgehead atoms. The first kappa shape index (κ1) is 11.9. The molecule has 5 heavy (non-hydrogen) atoms. The Morgan fingerprint density at radius 3 is 1.80 bits per heavy atom. The third-order valence-electron chi connectivity index (χ3n) is 0.0445. The molecule has 0 N–H and O–H groups in total. The van der Waals surface area contributed by atoms with Crippen LogP contribution < -0.4 is 0 Å². The maximum absolute atomic E-state index is 4.47. The maximum atomic E-state index is 4.47. The molecule has 1 radical (unpaired) electrons. The van der Waals surface area contributed by atoms with Gasteiger partial charge in [0.15, 0.2) is 0 Å². The third kappa shape index (κ3) is 11.6. The average Bonchev–Trinajstić information content (AvgIpc) is 1.46.